The smallest absolute Gasteiger partial charge is 0.217 e. The highest BCUT2D eigenvalue weighted by molar-refractivity contribution is 5.83. The van der Waals surface area contributed by atoms with Crippen molar-refractivity contribution in [2.75, 3.05) is 26.6 Å². The summed E-state index contributed by atoms with van der Waals surface area (Å²) in [6.07, 6.45) is 4.72. The van der Waals surface area contributed by atoms with Crippen LogP contribution in [0.15, 0.2) is 53.6 Å². The molecule has 35 heavy (non-hydrogen) atoms. The van der Waals surface area contributed by atoms with Crippen molar-refractivity contribution < 1.29 is 19.0 Å². The second-order valence-corrected chi connectivity index (χ2v) is 8.31. The molecule has 1 aliphatic rings. The Hall–Kier alpha value is -4.07. The van der Waals surface area contributed by atoms with Crippen LogP contribution in [-0.4, -0.2) is 32.2 Å². The molecule has 1 atom stereocenters. The van der Waals surface area contributed by atoms with Gasteiger partial charge in [-0.25, -0.2) is 0 Å². The first-order valence-electron chi connectivity index (χ1n) is 11.4. The number of hydrogen-bond acceptors (Lipinski definition) is 7. The van der Waals surface area contributed by atoms with Gasteiger partial charge in [-0.05, 0) is 59.4 Å². The Morgan fingerprint density at radius 2 is 1.89 bits per heavy atom. The zero-order valence-corrected chi connectivity index (χ0v) is 20.3. The minimum Gasteiger partial charge on any atom is -0.493 e. The lowest BCUT2D eigenvalue weighted by molar-refractivity contribution is -0.119. The minimum absolute atomic E-state index is 0.164. The van der Waals surface area contributed by atoms with E-state index in [9.17, 15) is 9.59 Å². The van der Waals surface area contributed by atoms with E-state index in [1.807, 2.05) is 24.3 Å². The maximum atomic E-state index is 13.3. The van der Waals surface area contributed by atoms with Crippen LogP contribution in [0.5, 0.6) is 17.2 Å². The molecule has 1 amide bonds. The third kappa shape index (κ3) is 4.91. The van der Waals surface area contributed by atoms with Gasteiger partial charge in [-0.1, -0.05) is 12.1 Å². The summed E-state index contributed by atoms with van der Waals surface area (Å²) in [6, 6.07) is 10.7. The Bertz CT molecular complexity index is 1290. The van der Waals surface area contributed by atoms with Crippen LogP contribution in [-0.2, 0) is 17.8 Å². The lowest BCUT2D eigenvalue weighted by Gasteiger charge is -2.19. The van der Waals surface area contributed by atoms with Gasteiger partial charge in [-0.3, -0.25) is 14.6 Å². The van der Waals surface area contributed by atoms with E-state index in [1.54, 1.807) is 45.9 Å². The number of aromatic nitrogens is 1. The maximum Gasteiger partial charge on any atom is 0.217 e. The number of methoxy groups -OCH3 is 3. The van der Waals surface area contributed by atoms with E-state index in [1.165, 1.54) is 6.92 Å². The van der Waals surface area contributed by atoms with Crippen LogP contribution in [0.3, 0.4) is 0 Å². The van der Waals surface area contributed by atoms with Crippen LogP contribution in [0.4, 0.5) is 5.69 Å². The Kier molecular flexibility index (Phi) is 7.19. The van der Waals surface area contributed by atoms with Crippen molar-refractivity contribution in [3.63, 3.8) is 0 Å². The van der Waals surface area contributed by atoms with E-state index in [2.05, 4.69) is 15.6 Å². The summed E-state index contributed by atoms with van der Waals surface area (Å²) in [5.74, 6) is 1.39. The Balaban J connectivity index is 1.91. The molecule has 0 saturated carbocycles. The van der Waals surface area contributed by atoms with Gasteiger partial charge in [-0.15, -0.1) is 0 Å². The van der Waals surface area contributed by atoms with Crippen LogP contribution in [0.25, 0.3) is 11.1 Å². The molecule has 0 radical (unpaired) electrons. The molecule has 1 aromatic heterocycles. The van der Waals surface area contributed by atoms with Gasteiger partial charge in [-0.2, -0.15) is 0 Å². The number of ether oxygens (including phenoxy) is 3. The topological polar surface area (TPSA) is 98.8 Å². The number of pyridine rings is 1. The van der Waals surface area contributed by atoms with Crippen molar-refractivity contribution in [2.24, 2.45) is 0 Å². The van der Waals surface area contributed by atoms with Crippen LogP contribution in [0.1, 0.15) is 36.1 Å². The number of rotatable bonds is 7. The van der Waals surface area contributed by atoms with Crippen LogP contribution >= 0.6 is 0 Å². The molecule has 182 valence electrons. The number of carbonyl (C=O) groups is 1. The molecule has 8 nitrogen and oxygen atoms in total. The molecule has 1 heterocycles. The lowest BCUT2D eigenvalue weighted by Crippen LogP contribution is -2.26. The Labute approximate surface area is 204 Å². The number of benzene rings is 1. The highest BCUT2D eigenvalue weighted by Crippen LogP contribution is 2.50. The van der Waals surface area contributed by atoms with Crippen molar-refractivity contribution in [1.82, 2.24) is 10.3 Å². The van der Waals surface area contributed by atoms with Gasteiger partial charge in [0.2, 0.25) is 17.1 Å². The first kappa shape index (κ1) is 24.1. The van der Waals surface area contributed by atoms with Gasteiger partial charge >= 0.3 is 0 Å². The van der Waals surface area contributed by atoms with E-state index in [4.69, 9.17) is 14.2 Å². The summed E-state index contributed by atoms with van der Waals surface area (Å²) in [4.78, 5) is 29.5. The number of fused-ring (bicyclic) bond motifs is 3. The number of nitrogens with zero attached hydrogens (tertiary/aromatic N) is 1. The molecule has 0 bridgehead atoms. The highest BCUT2D eigenvalue weighted by atomic mass is 16.5. The summed E-state index contributed by atoms with van der Waals surface area (Å²) in [5.41, 5.74) is 4.56. The fourth-order valence-electron chi connectivity index (χ4n) is 4.55. The molecule has 0 fully saturated rings. The minimum atomic E-state index is -0.345. The molecule has 8 heteroatoms. The predicted molar refractivity (Wildman–Crippen MR) is 134 cm³/mol. The van der Waals surface area contributed by atoms with Crippen molar-refractivity contribution in [1.29, 1.82) is 0 Å². The largest absolute Gasteiger partial charge is 0.493 e. The fourth-order valence-corrected chi connectivity index (χ4v) is 4.55. The number of anilines is 1. The van der Waals surface area contributed by atoms with Gasteiger partial charge in [0.15, 0.2) is 11.5 Å². The summed E-state index contributed by atoms with van der Waals surface area (Å²) in [5, 5.41) is 6.24. The Morgan fingerprint density at radius 3 is 2.54 bits per heavy atom. The average molecular weight is 476 g/mol. The molecule has 0 saturated heterocycles. The maximum absolute atomic E-state index is 13.3. The zero-order valence-electron chi connectivity index (χ0n) is 20.3. The summed E-state index contributed by atoms with van der Waals surface area (Å²) < 4.78 is 17.0. The molecule has 2 aromatic carbocycles. The molecule has 1 aliphatic carbocycles. The molecule has 4 rings (SSSR count). The first-order valence-corrected chi connectivity index (χ1v) is 11.4. The van der Waals surface area contributed by atoms with E-state index in [0.717, 1.165) is 27.8 Å². The number of amides is 1. The third-order valence-electron chi connectivity index (χ3n) is 6.12. The number of carbonyl (C=O) groups excluding carboxylic acids is 1. The average Bonchev–Trinajstić information content (AvgIpc) is 3.10. The number of aryl methyl sites for hydroxylation is 1. The monoisotopic (exact) mass is 475 g/mol. The van der Waals surface area contributed by atoms with Crippen LogP contribution in [0.2, 0.25) is 0 Å². The van der Waals surface area contributed by atoms with Gasteiger partial charge in [0.1, 0.15) is 0 Å². The van der Waals surface area contributed by atoms with Crippen molar-refractivity contribution >= 4 is 11.6 Å². The second kappa shape index (κ2) is 10.5. The first-order chi connectivity index (χ1) is 17.0. The predicted octanol–water partition coefficient (Wildman–Crippen LogP) is 3.87. The van der Waals surface area contributed by atoms with Gasteiger partial charge < -0.3 is 24.8 Å². The normalized spacial score (nSPS) is 14.1. The van der Waals surface area contributed by atoms with E-state index in [-0.39, 0.29) is 17.4 Å². The van der Waals surface area contributed by atoms with E-state index < -0.39 is 0 Å². The molecular weight excluding hydrogens is 446 g/mol. The standard InChI is InChI=1S/C27H29N3O5/c1-16(31)30-21-9-7-18-12-24(33-2)26(34-3)27(35-4)25(18)19-8-10-22(23(32)13-20(19)21)29-15-17-6-5-11-28-14-17/h5-6,8,10-14,21H,7,9,15H2,1-4H3,(H,29,32)(H,30,31). The zero-order chi connectivity index (χ0) is 24.9. The quantitative estimate of drug-likeness (QED) is 0.535. The van der Waals surface area contributed by atoms with Crippen LogP contribution in [0, 0.1) is 0 Å². The van der Waals surface area contributed by atoms with Gasteiger partial charge in [0, 0.05) is 31.4 Å². The van der Waals surface area contributed by atoms with Gasteiger partial charge in [0.05, 0.1) is 33.1 Å². The molecule has 3 aromatic rings. The summed E-state index contributed by atoms with van der Waals surface area (Å²) in [7, 11) is 4.72. The second-order valence-electron chi connectivity index (χ2n) is 8.31. The van der Waals surface area contributed by atoms with Crippen molar-refractivity contribution in [2.45, 2.75) is 32.4 Å². The van der Waals surface area contributed by atoms with E-state index in [0.29, 0.717) is 42.3 Å². The van der Waals surface area contributed by atoms with Crippen LogP contribution < -0.4 is 30.3 Å². The molecule has 2 N–H and O–H groups in total. The fraction of sp³-hybridized carbons (Fsp3) is 0.296. The highest BCUT2D eigenvalue weighted by Gasteiger charge is 2.29. The van der Waals surface area contributed by atoms with Crippen molar-refractivity contribution in [3.8, 4) is 28.4 Å². The molecule has 0 spiro atoms. The number of nitrogens with one attached hydrogen (secondary N) is 2. The molecular formula is C27H29N3O5. The van der Waals surface area contributed by atoms with E-state index >= 15 is 0 Å². The lowest BCUT2D eigenvalue weighted by atomic mass is 9.95. The van der Waals surface area contributed by atoms with Gasteiger partial charge in [0.25, 0.3) is 0 Å². The van der Waals surface area contributed by atoms with Crippen molar-refractivity contribution in [3.05, 3.63) is 75.7 Å². The number of hydrogen-bond donors (Lipinski definition) is 2. The SMILES string of the molecule is COc1cc2c(c(OC)c1OC)-c1ccc(NCc3cccnc3)c(=O)cc1C(NC(C)=O)CC2. The molecule has 1 unspecified atom stereocenters. The summed E-state index contributed by atoms with van der Waals surface area (Å²) >= 11 is 0. The Morgan fingerprint density at radius 1 is 1.09 bits per heavy atom. The molecule has 0 aliphatic heterocycles. The summed E-state index contributed by atoms with van der Waals surface area (Å²) in [6.45, 7) is 1.93. The third-order valence-corrected chi connectivity index (χ3v) is 6.12.